The first-order chi connectivity index (χ1) is 21.3. The van der Waals surface area contributed by atoms with E-state index >= 15 is 0 Å². The van der Waals surface area contributed by atoms with Crippen molar-refractivity contribution in [2.75, 3.05) is 37.6 Å². The Labute approximate surface area is 261 Å². The van der Waals surface area contributed by atoms with E-state index < -0.39 is 14.7 Å². The first kappa shape index (κ1) is 30.1. The van der Waals surface area contributed by atoms with Crippen molar-refractivity contribution >= 4 is 39.1 Å². The monoisotopic (exact) mass is 629 g/mol. The number of amides is 1. The van der Waals surface area contributed by atoms with E-state index in [-0.39, 0.29) is 11.9 Å². The van der Waals surface area contributed by atoms with Crippen LogP contribution >= 0.6 is 11.3 Å². The lowest BCUT2D eigenvalue weighted by Gasteiger charge is -2.52. The molecule has 0 saturated carbocycles. The maximum atomic E-state index is 14.3. The lowest BCUT2D eigenvalue weighted by molar-refractivity contribution is 0.0709. The van der Waals surface area contributed by atoms with Crippen LogP contribution in [-0.2, 0) is 14.7 Å². The van der Waals surface area contributed by atoms with Crippen LogP contribution in [0.4, 0.5) is 5.69 Å². The molecule has 6 heterocycles. The summed E-state index contributed by atoms with van der Waals surface area (Å²) in [5.41, 5.74) is 4.05. The van der Waals surface area contributed by atoms with Gasteiger partial charge < -0.3 is 20.4 Å². The van der Waals surface area contributed by atoms with Crippen molar-refractivity contribution in [2.24, 2.45) is 0 Å². The molecule has 2 saturated heterocycles. The number of piperazine rings is 2. The molecule has 9 nitrogen and oxygen atoms in total. The van der Waals surface area contributed by atoms with Crippen LogP contribution in [0.3, 0.4) is 0 Å². The molecule has 2 aromatic heterocycles. The van der Waals surface area contributed by atoms with Gasteiger partial charge in [0.05, 0.1) is 5.69 Å². The molecular formula is C33H35N5O4S2. The number of rotatable bonds is 3. The van der Waals surface area contributed by atoms with Gasteiger partial charge >= 0.3 is 0 Å². The summed E-state index contributed by atoms with van der Waals surface area (Å²) in [7, 11) is -3.80. The Kier molecular flexibility index (Phi) is 8.38. The second-order valence-corrected chi connectivity index (χ2v) is 14.5. The third-order valence-electron chi connectivity index (χ3n) is 8.53. The topological polar surface area (TPSA) is 112 Å². The molecule has 8 rings (SSSR count). The van der Waals surface area contributed by atoms with Gasteiger partial charge in [-0.15, -0.1) is 11.3 Å². The molecule has 4 aliphatic rings. The number of aromatic nitrogens is 1. The van der Waals surface area contributed by atoms with Gasteiger partial charge in [0.25, 0.3) is 5.91 Å². The molecule has 1 amide bonds. The average Bonchev–Trinajstić information content (AvgIpc) is 3.56. The fraction of sp³-hybridized carbons (Fsp3) is 0.303. The molecule has 2 N–H and O–H groups in total. The zero-order valence-corrected chi connectivity index (χ0v) is 26.3. The Morgan fingerprint density at radius 3 is 2.41 bits per heavy atom. The van der Waals surface area contributed by atoms with E-state index in [1.165, 1.54) is 11.3 Å². The van der Waals surface area contributed by atoms with Crippen molar-refractivity contribution in [3.8, 4) is 11.3 Å². The fourth-order valence-electron chi connectivity index (χ4n) is 6.40. The molecule has 0 radical (unpaired) electrons. The molecule has 0 aliphatic carbocycles. The van der Waals surface area contributed by atoms with Crippen LogP contribution < -0.4 is 15.5 Å². The summed E-state index contributed by atoms with van der Waals surface area (Å²) in [5, 5.41) is 8.51. The zero-order valence-electron chi connectivity index (χ0n) is 24.6. The Hall–Kier alpha value is -3.90. The standard InChI is InChI=1S/C21H19N3O3S2.C12H16N2O/c1-14-21(24(10-9-22-14)17-5-2-15(13-25)3-6-17)16-4-7-19(23-12-16)18-8-11-28-20(18)29(21,26)27;1-10-9-14(8-7-13-10)12(15)11-5-3-2-4-6-11/h2-8,11-14,22H,9-10H2,1H3;2-6,10,13H,7-9H2,1H3/t14?,21-;/m0./s1. The van der Waals surface area contributed by atoms with Crippen molar-refractivity contribution in [3.63, 3.8) is 0 Å². The summed E-state index contributed by atoms with van der Waals surface area (Å²) in [5.74, 6) is 0.143. The molecule has 2 unspecified atom stereocenters. The molecule has 2 fully saturated rings. The van der Waals surface area contributed by atoms with Gasteiger partial charge in [-0.05, 0) is 67.8 Å². The molecule has 4 aliphatic heterocycles. The van der Waals surface area contributed by atoms with E-state index in [1.807, 2.05) is 77.4 Å². The quantitative estimate of drug-likeness (QED) is 0.325. The Morgan fingerprint density at radius 2 is 1.73 bits per heavy atom. The second kappa shape index (κ2) is 12.2. The highest BCUT2D eigenvalue weighted by atomic mass is 32.2. The summed E-state index contributed by atoms with van der Waals surface area (Å²) in [6, 6.07) is 22.1. The Morgan fingerprint density at radius 1 is 0.977 bits per heavy atom. The summed E-state index contributed by atoms with van der Waals surface area (Å²) >= 11 is 1.24. The minimum absolute atomic E-state index is 0.143. The van der Waals surface area contributed by atoms with Gasteiger partial charge in [0, 0.05) is 78.9 Å². The van der Waals surface area contributed by atoms with Crippen molar-refractivity contribution in [1.29, 1.82) is 0 Å². The SMILES string of the molecule is CC1CN(C(=O)c2ccccc2)CCN1.CC1NCCN(c2ccc(C=O)cc2)[C@@]12c1ccc(nc1)-c1ccsc1S2(=O)=O. The van der Waals surface area contributed by atoms with Gasteiger partial charge in [-0.2, -0.15) is 0 Å². The van der Waals surface area contributed by atoms with Gasteiger partial charge in [0.1, 0.15) is 10.5 Å². The fourth-order valence-corrected chi connectivity index (χ4v) is 10.3. The van der Waals surface area contributed by atoms with Crippen LogP contribution in [0, 0.1) is 0 Å². The molecule has 44 heavy (non-hydrogen) atoms. The van der Waals surface area contributed by atoms with Gasteiger partial charge in [0.2, 0.25) is 9.84 Å². The normalized spacial score (nSPS) is 23.6. The first-order valence-electron chi connectivity index (χ1n) is 14.7. The molecule has 11 heteroatoms. The maximum absolute atomic E-state index is 14.3. The lowest BCUT2D eigenvalue weighted by Crippen LogP contribution is -2.68. The number of thiophene rings is 1. The number of pyridine rings is 1. The summed E-state index contributed by atoms with van der Waals surface area (Å²) < 4.78 is 28.9. The summed E-state index contributed by atoms with van der Waals surface area (Å²) in [6.07, 6.45) is 2.47. The smallest absolute Gasteiger partial charge is 0.253 e. The summed E-state index contributed by atoms with van der Waals surface area (Å²) in [6.45, 7) is 7.66. The third-order valence-corrected chi connectivity index (χ3v) is 12.5. The highest BCUT2D eigenvalue weighted by Crippen LogP contribution is 2.50. The number of carbonyl (C=O) groups excluding carboxylic acids is 2. The molecule has 4 aromatic rings. The summed E-state index contributed by atoms with van der Waals surface area (Å²) in [4.78, 5) is 30.2. The predicted molar refractivity (Wildman–Crippen MR) is 173 cm³/mol. The van der Waals surface area contributed by atoms with Crippen LogP contribution in [0.2, 0.25) is 0 Å². The van der Waals surface area contributed by atoms with E-state index in [0.717, 1.165) is 37.2 Å². The van der Waals surface area contributed by atoms with Crippen LogP contribution in [0.5, 0.6) is 0 Å². The molecule has 3 atom stereocenters. The number of nitrogens with one attached hydrogen (secondary N) is 2. The number of anilines is 1. The van der Waals surface area contributed by atoms with Crippen LogP contribution in [0.15, 0.2) is 88.6 Å². The number of sulfone groups is 1. The van der Waals surface area contributed by atoms with Gasteiger partial charge in [0.15, 0.2) is 4.87 Å². The van der Waals surface area contributed by atoms with E-state index in [4.69, 9.17) is 0 Å². The van der Waals surface area contributed by atoms with E-state index in [1.54, 1.807) is 23.7 Å². The number of fused-ring (bicyclic) bond motifs is 2. The largest absolute Gasteiger partial charge is 0.346 e. The van der Waals surface area contributed by atoms with Crippen molar-refractivity contribution < 1.29 is 18.0 Å². The van der Waals surface area contributed by atoms with E-state index in [2.05, 4.69) is 22.5 Å². The first-order valence-corrected chi connectivity index (χ1v) is 17.1. The average molecular weight is 630 g/mol. The lowest BCUT2D eigenvalue weighted by atomic mass is 9.95. The Balaban J connectivity index is 0.000000193. The zero-order chi connectivity index (χ0) is 30.9. The molecule has 2 aromatic carbocycles. The maximum Gasteiger partial charge on any atom is 0.253 e. The van der Waals surface area contributed by atoms with Gasteiger partial charge in [-0.3, -0.25) is 14.6 Å². The number of aldehydes is 1. The minimum Gasteiger partial charge on any atom is -0.346 e. The number of carbonyl (C=O) groups is 2. The predicted octanol–water partition coefficient (Wildman–Crippen LogP) is 4.18. The van der Waals surface area contributed by atoms with Gasteiger partial charge in [-0.25, -0.2) is 8.42 Å². The Bertz CT molecular complexity index is 1740. The van der Waals surface area contributed by atoms with Crippen LogP contribution in [0.25, 0.3) is 11.3 Å². The van der Waals surface area contributed by atoms with Crippen molar-refractivity contribution in [1.82, 2.24) is 20.5 Å². The molecule has 1 spiro atoms. The second-order valence-electron chi connectivity index (χ2n) is 11.3. The number of hydrogen-bond acceptors (Lipinski definition) is 9. The van der Waals surface area contributed by atoms with Crippen molar-refractivity contribution in [3.05, 3.63) is 101 Å². The van der Waals surface area contributed by atoms with Crippen molar-refractivity contribution in [2.45, 2.75) is 35.0 Å². The number of hydrogen-bond donors (Lipinski definition) is 2. The van der Waals surface area contributed by atoms with E-state index in [9.17, 15) is 18.0 Å². The minimum atomic E-state index is -3.80. The highest BCUT2D eigenvalue weighted by molar-refractivity contribution is 7.94. The van der Waals surface area contributed by atoms with Gasteiger partial charge in [-0.1, -0.05) is 24.3 Å². The highest BCUT2D eigenvalue weighted by Gasteiger charge is 2.58. The number of benzene rings is 2. The molecule has 228 valence electrons. The third kappa shape index (κ3) is 5.13. The van der Waals surface area contributed by atoms with Crippen LogP contribution in [0.1, 0.15) is 40.1 Å². The van der Waals surface area contributed by atoms with Crippen LogP contribution in [-0.4, -0.2) is 75.3 Å². The molecular weight excluding hydrogens is 595 g/mol. The number of nitrogens with zero attached hydrogens (tertiary/aromatic N) is 3. The van der Waals surface area contributed by atoms with E-state index in [0.29, 0.717) is 45.7 Å². The molecule has 2 bridgehead atoms.